The maximum atomic E-state index is 12.9. The number of rotatable bonds is 6. The minimum absolute atomic E-state index is 0.161. The van der Waals surface area contributed by atoms with Crippen molar-refractivity contribution in [1.29, 1.82) is 0 Å². The maximum absolute atomic E-state index is 12.9. The highest BCUT2D eigenvalue weighted by molar-refractivity contribution is 5.95. The fourth-order valence-corrected chi connectivity index (χ4v) is 3.15. The molecule has 1 N–H and O–H groups in total. The summed E-state index contributed by atoms with van der Waals surface area (Å²) in [6, 6.07) is 4.78. The van der Waals surface area contributed by atoms with E-state index < -0.39 is 17.6 Å². The summed E-state index contributed by atoms with van der Waals surface area (Å²) >= 11 is 0. The molecule has 1 aliphatic rings. The number of halogens is 3. The fourth-order valence-electron chi connectivity index (χ4n) is 3.15. The fraction of sp³-hybridized carbons (Fsp3) is 0.556. The number of alkyl halides is 3. The highest BCUT2D eigenvalue weighted by Crippen LogP contribution is 2.34. The molecule has 2 amide bonds. The van der Waals surface area contributed by atoms with Crippen LogP contribution in [0, 0.1) is 5.92 Å². The summed E-state index contributed by atoms with van der Waals surface area (Å²) in [7, 11) is 1.49. The third-order valence-electron chi connectivity index (χ3n) is 4.55. The van der Waals surface area contributed by atoms with Crippen molar-refractivity contribution in [3.8, 4) is 0 Å². The smallest absolute Gasteiger partial charge is 0.336 e. The first kappa shape index (κ1) is 19.3. The van der Waals surface area contributed by atoms with E-state index in [9.17, 15) is 22.8 Å². The van der Waals surface area contributed by atoms with Gasteiger partial charge in [-0.15, -0.1) is 0 Å². The van der Waals surface area contributed by atoms with Crippen LogP contribution in [-0.2, 0) is 15.8 Å². The first-order valence-corrected chi connectivity index (χ1v) is 8.47. The van der Waals surface area contributed by atoms with E-state index in [1.54, 1.807) is 0 Å². The first-order valence-electron chi connectivity index (χ1n) is 8.47. The molecule has 1 aromatic rings. The van der Waals surface area contributed by atoms with Gasteiger partial charge in [0.2, 0.25) is 11.8 Å². The lowest BCUT2D eigenvalue weighted by Gasteiger charge is -2.19. The Bertz CT molecular complexity index is 611. The van der Waals surface area contributed by atoms with Gasteiger partial charge in [0.15, 0.2) is 0 Å². The number of anilines is 1. The van der Waals surface area contributed by atoms with Crippen molar-refractivity contribution in [1.82, 2.24) is 4.90 Å². The van der Waals surface area contributed by atoms with Gasteiger partial charge in [0.1, 0.15) is 0 Å². The Hall–Kier alpha value is -2.05. The third kappa shape index (κ3) is 5.76. The van der Waals surface area contributed by atoms with E-state index in [1.165, 1.54) is 43.0 Å². The zero-order valence-corrected chi connectivity index (χ0v) is 14.2. The standard InChI is InChI=1S/C18H23F3N2O2/c1-23(17(25)11-10-13-6-2-3-7-13)12-16(24)22-15-9-5-4-8-14(15)18(19,20)21/h4-5,8-9,13H,2-3,6-7,10-12H2,1H3,(H,22,24). The van der Waals surface area contributed by atoms with Crippen LogP contribution in [0.2, 0.25) is 0 Å². The van der Waals surface area contributed by atoms with Gasteiger partial charge in [-0.2, -0.15) is 13.2 Å². The average molecular weight is 356 g/mol. The minimum Gasteiger partial charge on any atom is -0.336 e. The first-order chi connectivity index (χ1) is 11.8. The van der Waals surface area contributed by atoms with Crippen LogP contribution in [0.1, 0.15) is 44.1 Å². The predicted octanol–water partition coefficient (Wildman–Crippen LogP) is 4.07. The number of carbonyl (C=O) groups is 2. The van der Waals surface area contributed by atoms with Gasteiger partial charge >= 0.3 is 6.18 Å². The van der Waals surface area contributed by atoms with Crippen molar-refractivity contribution in [2.75, 3.05) is 18.9 Å². The molecule has 25 heavy (non-hydrogen) atoms. The van der Waals surface area contributed by atoms with Crippen LogP contribution >= 0.6 is 0 Å². The zero-order valence-electron chi connectivity index (χ0n) is 14.2. The number of hydrogen-bond acceptors (Lipinski definition) is 2. The van der Waals surface area contributed by atoms with E-state index in [2.05, 4.69) is 5.32 Å². The van der Waals surface area contributed by atoms with E-state index >= 15 is 0 Å². The average Bonchev–Trinajstić information content (AvgIpc) is 3.05. The van der Waals surface area contributed by atoms with Gasteiger partial charge in [-0.25, -0.2) is 0 Å². The summed E-state index contributed by atoms with van der Waals surface area (Å²) < 4.78 is 38.8. The number of amides is 2. The molecule has 1 aromatic carbocycles. The second-order valence-corrected chi connectivity index (χ2v) is 6.53. The minimum atomic E-state index is -4.55. The zero-order chi connectivity index (χ0) is 18.4. The molecule has 1 aliphatic carbocycles. The number of nitrogens with zero attached hydrogens (tertiary/aromatic N) is 1. The Morgan fingerprint density at radius 3 is 2.48 bits per heavy atom. The van der Waals surface area contributed by atoms with Gasteiger partial charge in [0, 0.05) is 13.5 Å². The highest BCUT2D eigenvalue weighted by atomic mass is 19.4. The summed E-state index contributed by atoms with van der Waals surface area (Å²) in [4.78, 5) is 25.3. The molecule has 7 heteroatoms. The van der Waals surface area contributed by atoms with Crippen LogP contribution < -0.4 is 5.32 Å². The number of carbonyl (C=O) groups excluding carboxylic acids is 2. The molecule has 0 bridgehead atoms. The molecule has 0 atom stereocenters. The Balaban J connectivity index is 1.86. The van der Waals surface area contributed by atoms with Crippen LogP contribution in [0.25, 0.3) is 0 Å². The SMILES string of the molecule is CN(CC(=O)Nc1ccccc1C(F)(F)F)C(=O)CCC1CCCC1. The molecule has 0 aliphatic heterocycles. The largest absolute Gasteiger partial charge is 0.418 e. The van der Waals surface area contributed by atoms with E-state index in [1.807, 2.05) is 0 Å². The van der Waals surface area contributed by atoms with Crippen LogP contribution in [0.3, 0.4) is 0 Å². The molecule has 1 fully saturated rings. The molecular weight excluding hydrogens is 333 g/mol. The molecule has 0 radical (unpaired) electrons. The number of para-hydroxylation sites is 1. The summed E-state index contributed by atoms with van der Waals surface area (Å²) in [5, 5.41) is 2.25. The van der Waals surface area contributed by atoms with Gasteiger partial charge in [-0.3, -0.25) is 9.59 Å². The van der Waals surface area contributed by atoms with E-state index in [0.29, 0.717) is 12.3 Å². The lowest BCUT2D eigenvalue weighted by molar-refractivity contribution is -0.137. The van der Waals surface area contributed by atoms with Crippen molar-refractivity contribution in [3.05, 3.63) is 29.8 Å². The van der Waals surface area contributed by atoms with E-state index in [-0.39, 0.29) is 18.1 Å². The third-order valence-corrected chi connectivity index (χ3v) is 4.55. The van der Waals surface area contributed by atoms with Crippen molar-refractivity contribution >= 4 is 17.5 Å². The van der Waals surface area contributed by atoms with Crippen molar-refractivity contribution in [2.45, 2.75) is 44.7 Å². The molecule has 0 unspecified atom stereocenters. The van der Waals surface area contributed by atoms with Crippen molar-refractivity contribution in [2.24, 2.45) is 5.92 Å². The summed E-state index contributed by atoms with van der Waals surface area (Å²) in [5.74, 6) is -0.232. The monoisotopic (exact) mass is 356 g/mol. The van der Waals surface area contributed by atoms with Crippen LogP contribution in [0.5, 0.6) is 0 Å². The van der Waals surface area contributed by atoms with Crippen molar-refractivity contribution < 1.29 is 22.8 Å². The number of hydrogen-bond donors (Lipinski definition) is 1. The van der Waals surface area contributed by atoms with Crippen LogP contribution in [0.15, 0.2) is 24.3 Å². The Kier molecular flexibility index (Phi) is 6.45. The maximum Gasteiger partial charge on any atom is 0.418 e. The lowest BCUT2D eigenvalue weighted by Crippen LogP contribution is -2.35. The number of nitrogens with one attached hydrogen (secondary N) is 1. The normalized spacial score (nSPS) is 15.2. The molecule has 0 heterocycles. The van der Waals surface area contributed by atoms with Gasteiger partial charge in [-0.05, 0) is 24.5 Å². The molecule has 0 aromatic heterocycles. The second kappa shape index (κ2) is 8.36. The Morgan fingerprint density at radius 1 is 1.20 bits per heavy atom. The second-order valence-electron chi connectivity index (χ2n) is 6.53. The molecule has 1 saturated carbocycles. The van der Waals surface area contributed by atoms with Crippen LogP contribution in [0.4, 0.5) is 18.9 Å². The predicted molar refractivity (Wildman–Crippen MR) is 88.9 cm³/mol. The molecule has 4 nitrogen and oxygen atoms in total. The van der Waals surface area contributed by atoms with Gasteiger partial charge in [0.05, 0.1) is 17.8 Å². The summed E-state index contributed by atoms with van der Waals surface area (Å²) in [6.07, 6.45) is 1.32. The molecule has 2 rings (SSSR count). The Morgan fingerprint density at radius 2 is 1.84 bits per heavy atom. The topological polar surface area (TPSA) is 49.4 Å². The Labute approximate surface area is 145 Å². The van der Waals surface area contributed by atoms with Gasteiger partial charge < -0.3 is 10.2 Å². The molecule has 138 valence electrons. The van der Waals surface area contributed by atoms with Gasteiger partial charge in [-0.1, -0.05) is 37.8 Å². The van der Waals surface area contributed by atoms with Gasteiger partial charge in [0.25, 0.3) is 0 Å². The summed E-state index contributed by atoms with van der Waals surface area (Å²) in [5.41, 5.74) is -1.20. The number of likely N-dealkylation sites (N-methyl/N-ethyl adjacent to an activating group) is 1. The molecular formula is C18H23F3N2O2. The quantitative estimate of drug-likeness (QED) is 0.835. The molecule has 0 spiro atoms. The van der Waals surface area contributed by atoms with E-state index in [4.69, 9.17) is 0 Å². The number of benzene rings is 1. The van der Waals surface area contributed by atoms with Crippen molar-refractivity contribution in [3.63, 3.8) is 0 Å². The highest BCUT2D eigenvalue weighted by Gasteiger charge is 2.33. The molecule has 0 saturated heterocycles. The lowest BCUT2D eigenvalue weighted by atomic mass is 10.0. The van der Waals surface area contributed by atoms with Crippen LogP contribution in [-0.4, -0.2) is 30.3 Å². The van der Waals surface area contributed by atoms with E-state index in [0.717, 1.165) is 25.3 Å². The summed E-state index contributed by atoms with van der Waals surface area (Å²) in [6.45, 7) is -0.268.